The molecule has 0 saturated heterocycles. The van der Waals surface area contributed by atoms with Gasteiger partial charge >= 0.3 is 0 Å². The van der Waals surface area contributed by atoms with Crippen molar-refractivity contribution in [1.82, 2.24) is 10.3 Å². The molecular weight excluding hydrogens is 413 g/mol. The molecule has 2 aliphatic rings. The fourth-order valence-electron chi connectivity index (χ4n) is 2.86. The number of hydrogen-bond donors (Lipinski definition) is 2. The summed E-state index contributed by atoms with van der Waals surface area (Å²) in [6.07, 6.45) is 4.09. The fourth-order valence-corrected chi connectivity index (χ4v) is 5.08. The van der Waals surface area contributed by atoms with E-state index in [9.17, 15) is 0 Å². The maximum absolute atomic E-state index is 5.54. The van der Waals surface area contributed by atoms with Crippen molar-refractivity contribution >= 4 is 41.0 Å². The number of aliphatic imine (C=N–C) groups is 1. The fraction of sp³-hybridized carbons (Fsp3) is 0.158. The summed E-state index contributed by atoms with van der Waals surface area (Å²) in [7, 11) is 1.69. The summed E-state index contributed by atoms with van der Waals surface area (Å²) in [6, 6.07) is 10.4. The summed E-state index contributed by atoms with van der Waals surface area (Å²) in [5, 5.41) is 4.65. The van der Waals surface area contributed by atoms with Gasteiger partial charge in [-0.15, -0.1) is 0 Å². The number of para-hydroxylation sites is 1. The van der Waals surface area contributed by atoms with Gasteiger partial charge in [-0.2, -0.15) is 0 Å². The molecule has 1 aromatic heterocycles. The second kappa shape index (κ2) is 6.05. The van der Waals surface area contributed by atoms with Crippen molar-refractivity contribution < 1.29 is 4.74 Å². The highest BCUT2D eigenvalue weighted by Crippen LogP contribution is 2.29. The number of fused-ring (bicyclic) bond motifs is 1. The number of rotatable bonds is 3. The van der Waals surface area contributed by atoms with E-state index in [0.717, 1.165) is 28.4 Å². The summed E-state index contributed by atoms with van der Waals surface area (Å²) < 4.78 is 8.35. The van der Waals surface area contributed by atoms with Gasteiger partial charge in [0.1, 0.15) is 11.5 Å². The lowest BCUT2D eigenvalue weighted by Crippen LogP contribution is -2.13. The Labute approximate surface area is 150 Å². The highest BCUT2D eigenvalue weighted by Gasteiger charge is 2.19. The molecule has 5 heteroatoms. The number of H-pyrrole nitrogens is 1. The van der Waals surface area contributed by atoms with E-state index in [1.54, 1.807) is 7.11 Å². The van der Waals surface area contributed by atoms with Crippen LogP contribution in [0.5, 0.6) is 0 Å². The number of nitrogens with one attached hydrogen (secondary N) is 2. The molecule has 2 N–H and O–H groups in total. The summed E-state index contributed by atoms with van der Waals surface area (Å²) in [6.45, 7) is 4.35. The number of halogens is 1. The maximum Gasteiger partial charge on any atom is 0.146 e. The lowest BCUT2D eigenvalue weighted by atomic mass is 10.2. The van der Waals surface area contributed by atoms with Crippen molar-refractivity contribution in [2.24, 2.45) is 4.99 Å². The van der Waals surface area contributed by atoms with Crippen LogP contribution in [0.4, 0.5) is 0 Å². The van der Waals surface area contributed by atoms with Crippen LogP contribution < -0.4 is 5.32 Å². The average molecular weight is 431 g/mol. The third-order valence-electron chi connectivity index (χ3n) is 4.03. The first-order valence-corrected chi connectivity index (χ1v) is 9.90. The minimum atomic E-state index is -0.00902. The number of hydrogen-bond acceptors (Lipinski definition) is 3. The van der Waals surface area contributed by atoms with Crippen LogP contribution in [0.3, 0.4) is 0 Å². The van der Waals surface area contributed by atoms with Gasteiger partial charge in [-0.25, -0.2) is 4.99 Å². The molecular formula is C19H18IN3O. The molecule has 0 amide bonds. The SMILES string of the molecule is COC1=CC(c2cc3ccccc3[nH]2)=NC1=CC1=C(C)I=C(C)N1. The van der Waals surface area contributed by atoms with E-state index < -0.39 is 0 Å². The Bertz CT molecular complexity index is 956. The Kier molecular flexibility index (Phi) is 3.88. The van der Waals surface area contributed by atoms with Gasteiger partial charge in [0.15, 0.2) is 0 Å². The molecule has 0 fully saturated rings. The average Bonchev–Trinajstić information content (AvgIpc) is 3.24. The van der Waals surface area contributed by atoms with Gasteiger partial charge in [-0.05, 0) is 32.1 Å². The number of aromatic nitrogens is 1. The lowest BCUT2D eigenvalue weighted by molar-refractivity contribution is 0.302. The molecule has 24 heavy (non-hydrogen) atoms. The van der Waals surface area contributed by atoms with Crippen molar-refractivity contribution in [1.29, 1.82) is 0 Å². The quantitative estimate of drug-likeness (QED) is 0.711. The van der Waals surface area contributed by atoms with E-state index in [2.05, 4.69) is 48.4 Å². The maximum atomic E-state index is 5.54. The van der Waals surface area contributed by atoms with Crippen molar-refractivity contribution in [2.75, 3.05) is 7.11 Å². The third-order valence-corrected chi connectivity index (χ3v) is 6.50. The second-order valence-electron chi connectivity index (χ2n) is 5.71. The van der Waals surface area contributed by atoms with Crippen LogP contribution in [0.25, 0.3) is 10.9 Å². The zero-order valence-electron chi connectivity index (χ0n) is 13.8. The Morgan fingerprint density at radius 2 is 2.04 bits per heavy atom. The summed E-state index contributed by atoms with van der Waals surface area (Å²) in [5.74, 6) is 0.800. The highest BCUT2D eigenvalue weighted by molar-refractivity contribution is 14.2. The molecule has 1 aromatic carbocycles. The number of ether oxygens (including phenoxy) is 1. The molecule has 0 saturated carbocycles. The lowest BCUT2D eigenvalue weighted by Gasteiger charge is -2.04. The molecule has 122 valence electrons. The third kappa shape index (κ3) is 2.73. The molecule has 0 atom stereocenters. The van der Waals surface area contributed by atoms with Crippen LogP contribution in [-0.4, -0.2) is 21.4 Å². The Morgan fingerprint density at radius 3 is 2.75 bits per heavy atom. The van der Waals surface area contributed by atoms with Crippen LogP contribution in [0.15, 0.2) is 68.2 Å². The first kappa shape index (κ1) is 15.4. The summed E-state index contributed by atoms with van der Waals surface area (Å²) in [5.41, 5.74) is 5.06. The van der Waals surface area contributed by atoms with Crippen LogP contribution in [0, 0.1) is 0 Å². The molecule has 4 rings (SSSR count). The normalized spacial score (nSPS) is 19.1. The van der Waals surface area contributed by atoms with Gasteiger partial charge in [-0.1, -0.05) is 38.9 Å². The van der Waals surface area contributed by atoms with Crippen LogP contribution in [0.1, 0.15) is 19.5 Å². The standard InChI is InChI=1S/C19H18IN3O/c1-11-15(21-12(2)20-11)9-18-19(24-3)10-17(23-18)16-8-13-6-4-5-7-14(13)22-16/h4-10,21-22H,1-3H3. The van der Waals surface area contributed by atoms with Gasteiger partial charge in [0.05, 0.1) is 18.5 Å². The van der Waals surface area contributed by atoms with E-state index in [1.165, 1.54) is 18.3 Å². The Hall–Kier alpha value is -2.15. The zero-order valence-corrected chi connectivity index (χ0v) is 15.9. The minimum absolute atomic E-state index is 0.00902. The Balaban J connectivity index is 1.73. The smallest absolute Gasteiger partial charge is 0.146 e. The van der Waals surface area contributed by atoms with E-state index in [4.69, 9.17) is 9.73 Å². The van der Waals surface area contributed by atoms with Gasteiger partial charge in [0, 0.05) is 29.9 Å². The Morgan fingerprint density at radius 1 is 1.21 bits per heavy atom. The monoisotopic (exact) mass is 431 g/mol. The van der Waals surface area contributed by atoms with Gasteiger partial charge in [0.2, 0.25) is 0 Å². The predicted molar refractivity (Wildman–Crippen MR) is 109 cm³/mol. The largest absolute Gasteiger partial charge is 0.494 e. The molecule has 0 bridgehead atoms. The number of benzene rings is 1. The molecule has 2 aromatic rings. The molecule has 0 unspecified atom stereocenters. The molecule has 2 aliphatic heterocycles. The molecule has 0 spiro atoms. The van der Waals surface area contributed by atoms with Crippen molar-refractivity contribution in [2.45, 2.75) is 13.8 Å². The van der Waals surface area contributed by atoms with Crippen molar-refractivity contribution in [3.8, 4) is 0 Å². The number of nitrogens with zero attached hydrogens (tertiary/aromatic N) is 1. The van der Waals surface area contributed by atoms with E-state index in [0.29, 0.717) is 0 Å². The molecule has 0 radical (unpaired) electrons. The molecule has 3 heterocycles. The summed E-state index contributed by atoms with van der Waals surface area (Å²) >= 11 is -0.00902. The van der Waals surface area contributed by atoms with Gasteiger partial charge < -0.3 is 15.0 Å². The van der Waals surface area contributed by atoms with Crippen LogP contribution in [-0.2, 0) is 4.74 Å². The number of methoxy groups -OCH3 is 1. The molecule has 4 nitrogen and oxygen atoms in total. The zero-order chi connectivity index (χ0) is 16.7. The first-order chi connectivity index (χ1) is 11.6. The van der Waals surface area contributed by atoms with E-state index >= 15 is 0 Å². The van der Waals surface area contributed by atoms with Crippen molar-refractivity contribution in [3.05, 3.63) is 68.9 Å². The molecule has 0 aliphatic carbocycles. The van der Waals surface area contributed by atoms with Gasteiger partial charge in [-0.3, -0.25) is 0 Å². The van der Waals surface area contributed by atoms with Crippen LogP contribution in [0.2, 0.25) is 0 Å². The van der Waals surface area contributed by atoms with Crippen LogP contribution >= 0.6 is 20.7 Å². The van der Waals surface area contributed by atoms with Gasteiger partial charge in [0.25, 0.3) is 0 Å². The second-order valence-corrected chi connectivity index (χ2v) is 9.49. The van der Waals surface area contributed by atoms with Crippen molar-refractivity contribution in [3.63, 3.8) is 0 Å². The topological polar surface area (TPSA) is 49.4 Å². The highest BCUT2D eigenvalue weighted by atomic mass is 127. The predicted octanol–water partition coefficient (Wildman–Crippen LogP) is 4.34. The summed E-state index contributed by atoms with van der Waals surface area (Å²) in [4.78, 5) is 8.21. The number of aromatic amines is 1. The minimum Gasteiger partial charge on any atom is -0.494 e. The van der Waals surface area contributed by atoms with E-state index in [1.807, 2.05) is 18.2 Å². The van der Waals surface area contributed by atoms with E-state index in [-0.39, 0.29) is 20.7 Å². The number of allylic oxidation sites excluding steroid dienone is 3. The first-order valence-electron chi connectivity index (χ1n) is 7.75.